The molecule has 3 heterocycles. The van der Waals surface area contributed by atoms with Crippen LogP contribution in [0.4, 0.5) is 5.82 Å². The Morgan fingerprint density at radius 3 is 3.12 bits per heavy atom. The van der Waals surface area contributed by atoms with Crippen LogP contribution in [0.25, 0.3) is 11.6 Å². The minimum absolute atomic E-state index is 0.363. The average molecular weight is 251 g/mol. The highest BCUT2D eigenvalue weighted by Gasteiger charge is 2.22. The highest BCUT2D eigenvalue weighted by molar-refractivity contribution is 7.99. The molecule has 0 aromatic carbocycles. The number of rotatable bonds is 2. The number of hydrogen-bond donors (Lipinski definition) is 2. The fraction of sp³-hybridized carbons (Fsp3) is 0.500. The van der Waals surface area contributed by atoms with E-state index in [9.17, 15) is 0 Å². The minimum Gasteiger partial charge on any atom is -0.382 e. The van der Waals surface area contributed by atoms with Gasteiger partial charge in [-0.3, -0.25) is 5.10 Å². The van der Waals surface area contributed by atoms with Gasteiger partial charge in [-0.05, 0) is 18.6 Å². The van der Waals surface area contributed by atoms with Gasteiger partial charge in [0, 0.05) is 6.07 Å². The topological polar surface area (TPSA) is 93.6 Å². The second kappa shape index (κ2) is 4.40. The van der Waals surface area contributed by atoms with Crippen molar-refractivity contribution in [1.29, 1.82) is 0 Å². The molecule has 17 heavy (non-hydrogen) atoms. The maximum absolute atomic E-state index is 5.53. The van der Waals surface area contributed by atoms with E-state index in [2.05, 4.69) is 20.3 Å². The zero-order valence-corrected chi connectivity index (χ0v) is 10.0. The zero-order chi connectivity index (χ0) is 11.7. The van der Waals surface area contributed by atoms with Crippen LogP contribution in [0.1, 0.15) is 30.3 Å². The van der Waals surface area contributed by atoms with Crippen molar-refractivity contribution in [3.8, 4) is 11.6 Å². The summed E-state index contributed by atoms with van der Waals surface area (Å²) in [5.41, 5.74) is 6.20. The molecule has 7 heteroatoms. The van der Waals surface area contributed by atoms with Crippen molar-refractivity contribution in [2.24, 2.45) is 0 Å². The lowest BCUT2D eigenvalue weighted by Gasteiger charge is -2.17. The van der Waals surface area contributed by atoms with E-state index >= 15 is 0 Å². The van der Waals surface area contributed by atoms with E-state index in [4.69, 9.17) is 10.3 Å². The Kier molecular flexibility index (Phi) is 2.76. The molecular formula is C10H13N5OS. The Hall–Kier alpha value is -1.50. The van der Waals surface area contributed by atoms with Crippen LogP contribution in [0, 0.1) is 0 Å². The highest BCUT2D eigenvalue weighted by atomic mass is 32.2. The van der Waals surface area contributed by atoms with E-state index in [1.54, 1.807) is 6.07 Å². The highest BCUT2D eigenvalue weighted by Crippen LogP contribution is 2.37. The average Bonchev–Trinajstić information content (AvgIpc) is 2.98. The first-order chi connectivity index (χ1) is 8.33. The quantitative estimate of drug-likeness (QED) is 0.847. The summed E-state index contributed by atoms with van der Waals surface area (Å²) in [6.45, 7) is 0. The summed E-state index contributed by atoms with van der Waals surface area (Å²) >= 11 is 1.89. The van der Waals surface area contributed by atoms with E-state index in [-0.39, 0.29) is 0 Å². The van der Waals surface area contributed by atoms with Crippen molar-refractivity contribution < 1.29 is 4.52 Å². The Labute approximate surface area is 102 Å². The summed E-state index contributed by atoms with van der Waals surface area (Å²) < 4.78 is 5.22. The maximum Gasteiger partial charge on any atom is 0.276 e. The third kappa shape index (κ3) is 2.14. The number of nitrogens with zero attached hydrogens (tertiary/aromatic N) is 3. The van der Waals surface area contributed by atoms with Gasteiger partial charge < -0.3 is 10.3 Å². The van der Waals surface area contributed by atoms with Crippen LogP contribution in [0.3, 0.4) is 0 Å². The van der Waals surface area contributed by atoms with Crippen LogP contribution in [0.5, 0.6) is 0 Å². The van der Waals surface area contributed by atoms with Gasteiger partial charge in [0.25, 0.3) is 5.89 Å². The number of nitrogen functional groups attached to an aromatic ring is 1. The summed E-state index contributed by atoms with van der Waals surface area (Å²) in [5.74, 6) is 2.82. The number of nitrogens with one attached hydrogen (secondary N) is 1. The first kappa shape index (κ1) is 10.6. The molecule has 0 spiro atoms. The second-order valence-electron chi connectivity index (χ2n) is 4.02. The molecule has 0 amide bonds. The Bertz CT molecular complexity index is 502. The van der Waals surface area contributed by atoms with Crippen molar-refractivity contribution in [2.45, 2.75) is 24.5 Å². The van der Waals surface area contributed by atoms with Crippen LogP contribution < -0.4 is 5.73 Å². The predicted molar refractivity (Wildman–Crippen MR) is 65.3 cm³/mol. The van der Waals surface area contributed by atoms with Gasteiger partial charge in [-0.25, -0.2) is 0 Å². The zero-order valence-electron chi connectivity index (χ0n) is 9.22. The van der Waals surface area contributed by atoms with Gasteiger partial charge >= 0.3 is 0 Å². The number of nitrogens with two attached hydrogens (primary N) is 1. The van der Waals surface area contributed by atoms with E-state index < -0.39 is 0 Å². The Morgan fingerprint density at radius 2 is 2.41 bits per heavy atom. The smallest absolute Gasteiger partial charge is 0.276 e. The number of anilines is 1. The molecule has 0 saturated carbocycles. The van der Waals surface area contributed by atoms with Crippen molar-refractivity contribution in [1.82, 2.24) is 20.3 Å². The van der Waals surface area contributed by atoms with Gasteiger partial charge in [0.15, 0.2) is 5.82 Å². The molecule has 90 valence electrons. The minimum atomic E-state index is 0.363. The molecule has 3 N–H and O–H groups in total. The molecule has 1 saturated heterocycles. The lowest BCUT2D eigenvalue weighted by molar-refractivity contribution is 0.419. The molecule has 6 nitrogen and oxygen atoms in total. The van der Waals surface area contributed by atoms with E-state index in [1.165, 1.54) is 18.6 Å². The van der Waals surface area contributed by atoms with Gasteiger partial charge in [-0.1, -0.05) is 11.6 Å². The van der Waals surface area contributed by atoms with Crippen LogP contribution >= 0.6 is 11.8 Å². The molecule has 0 radical (unpaired) electrons. The Morgan fingerprint density at radius 1 is 1.47 bits per heavy atom. The molecule has 2 aromatic heterocycles. The largest absolute Gasteiger partial charge is 0.382 e. The summed E-state index contributed by atoms with van der Waals surface area (Å²) in [4.78, 5) is 4.39. The third-order valence-electron chi connectivity index (χ3n) is 2.74. The van der Waals surface area contributed by atoms with Crippen LogP contribution in [-0.4, -0.2) is 26.1 Å². The number of aromatic nitrogens is 4. The molecule has 1 fully saturated rings. The number of H-pyrrole nitrogens is 1. The molecule has 1 aliphatic rings. The van der Waals surface area contributed by atoms with Crippen LogP contribution in [0.15, 0.2) is 10.6 Å². The monoisotopic (exact) mass is 251 g/mol. The maximum atomic E-state index is 5.53. The fourth-order valence-corrected chi connectivity index (χ4v) is 3.10. The van der Waals surface area contributed by atoms with Gasteiger partial charge in [0.05, 0.1) is 5.25 Å². The number of aromatic amines is 1. The molecular weight excluding hydrogens is 238 g/mol. The third-order valence-corrected chi connectivity index (χ3v) is 4.11. The summed E-state index contributed by atoms with van der Waals surface area (Å²) in [6.07, 6.45) is 3.64. The van der Waals surface area contributed by atoms with Gasteiger partial charge in [0.1, 0.15) is 11.5 Å². The summed E-state index contributed by atoms with van der Waals surface area (Å²) in [6, 6.07) is 1.69. The molecule has 2 aromatic rings. The Balaban J connectivity index is 1.82. The van der Waals surface area contributed by atoms with Crippen LogP contribution in [0.2, 0.25) is 0 Å². The first-order valence-corrected chi connectivity index (χ1v) is 6.64. The summed E-state index contributed by atoms with van der Waals surface area (Å²) in [5, 5.41) is 11.0. The number of thioether (sulfide) groups is 1. The molecule has 1 atom stereocenters. The van der Waals surface area contributed by atoms with E-state index in [1.807, 2.05) is 11.8 Å². The van der Waals surface area contributed by atoms with Gasteiger partial charge in [-0.15, -0.1) is 0 Å². The van der Waals surface area contributed by atoms with E-state index in [0.717, 1.165) is 12.2 Å². The van der Waals surface area contributed by atoms with Gasteiger partial charge in [0.2, 0.25) is 0 Å². The van der Waals surface area contributed by atoms with Crippen molar-refractivity contribution in [3.05, 3.63) is 11.9 Å². The molecule has 1 unspecified atom stereocenters. The summed E-state index contributed by atoms with van der Waals surface area (Å²) in [7, 11) is 0. The predicted octanol–water partition coefficient (Wildman–Crippen LogP) is 2.00. The SMILES string of the molecule is Nc1cc(-c2nc(C3CCCCS3)no2)[nH]n1. The lowest BCUT2D eigenvalue weighted by Crippen LogP contribution is -2.03. The van der Waals surface area contributed by atoms with Gasteiger partial charge in [-0.2, -0.15) is 21.8 Å². The molecule has 0 aliphatic carbocycles. The first-order valence-electron chi connectivity index (χ1n) is 5.59. The van der Waals surface area contributed by atoms with Crippen molar-refractivity contribution in [2.75, 3.05) is 11.5 Å². The standard InChI is InChI=1S/C10H13N5OS/c11-8-5-6(13-14-8)10-12-9(15-16-10)7-3-1-2-4-17-7/h5,7H,1-4H2,(H3,11,13,14). The molecule has 3 rings (SSSR count). The van der Waals surface area contributed by atoms with Crippen LogP contribution in [-0.2, 0) is 0 Å². The van der Waals surface area contributed by atoms with E-state index in [0.29, 0.717) is 22.7 Å². The second-order valence-corrected chi connectivity index (χ2v) is 5.33. The van der Waals surface area contributed by atoms with Crippen molar-refractivity contribution in [3.63, 3.8) is 0 Å². The normalized spacial score (nSPS) is 20.6. The van der Waals surface area contributed by atoms with Crippen molar-refractivity contribution >= 4 is 17.6 Å². The molecule has 1 aliphatic heterocycles. The lowest BCUT2D eigenvalue weighted by atomic mass is 10.2. The number of hydrogen-bond acceptors (Lipinski definition) is 6. The fourth-order valence-electron chi connectivity index (χ4n) is 1.87. The molecule has 0 bridgehead atoms.